The summed E-state index contributed by atoms with van der Waals surface area (Å²) in [5.74, 6) is -0.617. The Bertz CT molecular complexity index is 586. The van der Waals surface area contributed by atoms with Gasteiger partial charge in [-0.2, -0.15) is 0 Å². The van der Waals surface area contributed by atoms with Gasteiger partial charge in [-0.3, -0.25) is 8.98 Å². The second-order valence-corrected chi connectivity index (χ2v) is 5.04. The van der Waals surface area contributed by atoms with Gasteiger partial charge in [-0.1, -0.05) is 24.3 Å². The molecule has 1 aromatic carbocycles. The van der Waals surface area contributed by atoms with E-state index >= 15 is 0 Å². The van der Waals surface area contributed by atoms with Crippen molar-refractivity contribution in [2.24, 2.45) is 0 Å². The molecule has 5 nitrogen and oxygen atoms in total. The van der Waals surface area contributed by atoms with E-state index in [9.17, 15) is 13.8 Å². The van der Waals surface area contributed by atoms with Crippen LogP contribution < -0.4 is 0 Å². The summed E-state index contributed by atoms with van der Waals surface area (Å²) < 4.78 is 21.4. The summed E-state index contributed by atoms with van der Waals surface area (Å²) in [5, 5.41) is 0. The maximum atomic E-state index is 11.8. The van der Waals surface area contributed by atoms with E-state index in [-0.39, 0.29) is 18.0 Å². The lowest BCUT2D eigenvalue weighted by molar-refractivity contribution is -0.136. The number of ketones is 1. The van der Waals surface area contributed by atoms with Crippen LogP contribution in [0, 0.1) is 0 Å². The Morgan fingerprint density at radius 3 is 2.42 bits per heavy atom. The molecule has 1 unspecified atom stereocenters. The highest BCUT2D eigenvalue weighted by Crippen LogP contribution is 2.30. The molecule has 2 rings (SSSR count). The van der Waals surface area contributed by atoms with E-state index in [1.807, 2.05) is 0 Å². The first kappa shape index (κ1) is 13.6. The number of methoxy groups -OCH3 is 1. The fourth-order valence-electron chi connectivity index (χ4n) is 1.74. The zero-order valence-corrected chi connectivity index (χ0v) is 11.3. The van der Waals surface area contributed by atoms with Crippen molar-refractivity contribution in [3.05, 3.63) is 41.0 Å². The highest BCUT2D eigenvalue weighted by atomic mass is 32.2. The maximum absolute atomic E-state index is 11.8. The minimum Gasteiger partial charge on any atom is -0.466 e. The Morgan fingerprint density at radius 1 is 1.26 bits per heavy atom. The molecule has 1 aliphatic heterocycles. The highest BCUT2D eigenvalue weighted by Gasteiger charge is 2.29. The molecule has 1 aromatic rings. The summed E-state index contributed by atoms with van der Waals surface area (Å²) in [6, 6.07) is 6.52. The predicted octanol–water partition coefficient (Wildman–Crippen LogP) is 1.47. The van der Waals surface area contributed by atoms with Gasteiger partial charge in [0, 0.05) is 5.56 Å². The average molecular weight is 280 g/mol. The SMILES string of the molecule is COC(=O)C1=C(c2ccc(C(C)=O)cc2)S(=O)OC1. The highest BCUT2D eigenvalue weighted by molar-refractivity contribution is 7.90. The topological polar surface area (TPSA) is 69.7 Å². The number of carbonyl (C=O) groups excluding carboxylic acids is 2. The molecule has 1 heterocycles. The number of ether oxygens (including phenoxy) is 1. The van der Waals surface area contributed by atoms with E-state index < -0.39 is 17.0 Å². The molecule has 0 saturated heterocycles. The van der Waals surface area contributed by atoms with Crippen molar-refractivity contribution in [2.75, 3.05) is 13.7 Å². The summed E-state index contributed by atoms with van der Waals surface area (Å²) in [5.41, 5.74) is 1.38. The molecule has 0 bridgehead atoms. The van der Waals surface area contributed by atoms with Crippen LogP contribution in [0.2, 0.25) is 0 Å². The molecule has 0 aliphatic carbocycles. The number of rotatable bonds is 3. The Labute approximate surface area is 112 Å². The van der Waals surface area contributed by atoms with Crippen molar-refractivity contribution in [2.45, 2.75) is 6.92 Å². The Morgan fingerprint density at radius 2 is 1.89 bits per heavy atom. The summed E-state index contributed by atoms with van der Waals surface area (Å²) in [7, 11) is 1.26. The van der Waals surface area contributed by atoms with Gasteiger partial charge in [0.15, 0.2) is 16.9 Å². The van der Waals surface area contributed by atoms with Crippen molar-refractivity contribution in [3.8, 4) is 0 Å². The summed E-state index contributed by atoms with van der Waals surface area (Å²) in [6.07, 6.45) is 0. The van der Waals surface area contributed by atoms with Crippen molar-refractivity contribution in [1.82, 2.24) is 0 Å². The Balaban J connectivity index is 2.45. The Kier molecular flexibility index (Phi) is 3.92. The standard InChI is InChI=1S/C13H12O5S/c1-8(14)9-3-5-10(6-4-9)12-11(13(15)17-2)7-18-19(12)16/h3-6H,7H2,1-2H3. The molecule has 0 N–H and O–H groups in total. The van der Waals surface area contributed by atoms with Crippen LogP contribution >= 0.6 is 0 Å². The molecule has 19 heavy (non-hydrogen) atoms. The van der Waals surface area contributed by atoms with E-state index in [0.717, 1.165) is 0 Å². The second kappa shape index (κ2) is 5.46. The minimum atomic E-state index is -1.69. The van der Waals surface area contributed by atoms with Crippen molar-refractivity contribution < 1.29 is 22.7 Å². The smallest absolute Gasteiger partial charge is 0.337 e. The third-order valence-corrected chi connectivity index (χ3v) is 3.88. The molecule has 0 amide bonds. The first-order valence-corrected chi connectivity index (χ1v) is 6.60. The first-order valence-electron chi connectivity index (χ1n) is 5.52. The zero-order valence-electron chi connectivity index (χ0n) is 10.5. The van der Waals surface area contributed by atoms with E-state index in [2.05, 4.69) is 4.74 Å². The number of carbonyl (C=O) groups is 2. The van der Waals surface area contributed by atoms with Crippen LogP contribution in [-0.2, 0) is 24.8 Å². The molecular formula is C13H12O5S. The van der Waals surface area contributed by atoms with Gasteiger partial charge in [0.05, 0.1) is 24.2 Å². The molecule has 0 fully saturated rings. The molecular weight excluding hydrogens is 268 g/mol. The maximum Gasteiger partial charge on any atom is 0.337 e. The lowest BCUT2D eigenvalue weighted by Crippen LogP contribution is -2.07. The van der Waals surface area contributed by atoms with Gasteiger partial charge in [0.2, 0.25) is 0 Å². The number of benzene rings is 1. The monoisotopic (exact) mass is 280 g/mol. The van der Waals surface area contributed by atoms with Gasteiger partial charge < -0.3 is 4.74 Å². The van der Waals surface area contributed by atoms with Crippen LogP contribution in [0.5, 0.6) is 0 Å². The second-order valence-electron chi connectivity index (χ2n) is 3.93. The van der Waals surface area contributed by atoms with Gasteiger partial charge >= 0.3 is 5.97 Å². The number of hydrogen-bond donors (Lipinski definition) is 0. The normalized spacial score (nSPS) is 18.5. The summed E-state index contributed by atoms with van der Waals surface area (Å²) >= 11 is -1.69. The minimum absolute atomic E-state index is 0.0386. The molecule has 0 radical (unpaired) electrons. The van der Waals surface area contributed by atoms with Gasteiger partial charge in [-0.25, -0.2) is 9.00 Å². The van der Waals surface area contributed by atoms with Crippen LogP contribution in [0.1, 0.15) is 22.8 Å². The van der Waals surface area contributed by atoms with Gasteiger partial charge in [0.1, 0.15) is 0 Å². The van der Waals surface area contributed by atoms with E-state index in [0.29, 0.717) is 16.0 Å². The largest absolute Gasteiger partial charge is 0.466 e. The van der Waals surface area contributed by atoms with Crippen LogP contribution in [0.15, 0.2) is 29.8 Å². The fourth-order valence-corrected chi connectivity index (χ4v) is 2.75. The van der Waals surface area contributed by atoms with E-state index in [1.165, 1.54) is 14.0 Å². The molecule has 1 aliphatic rings. The summed E-state index contributed by atoms with van der Waals surface area (Å²) in [6.45, 7) is 1.42. The number of Topliss-reactive ketones (excluding diaryl/α,β-unsaturated/α-hetero) is 1. The van der Waals surface area contributed by atoms with E-state index in [1.54, 1.807) is 24.3 Å². The molecule has 1 atom stereocenters. The van der Waals surface area contributed by atoms with Crippen LogP contribution in [0.25, 0.3) is 4.91 Å². The Hall–Kier alpha value is -1.79. The average Bonchev–Trinajstić information content (AvgIpc) is 2.80. The van der Waals surface area contributed by atoms with Crippen molar-refractivity contribution in [3.63, 3.8) is 0 Å². The lowest BCUT2D eigenvalue weighted by atomic mass is 10.1. The molecule has 6 heteroatoms. The number of hydrogen-bond acceptors (Lipinski definition) is 5. The van der Waals surface area contributed by atoms with Gasteiger partial charge in [0.25, 0.3) is 0 Å². The molecule has 0 aromatic heterocycles. The predicted molar refractivity (Wildman–Crippen MR) is 69.5 cm³/mol. The van der Waals surface area contributed by atoms with Gasteiger partial charge in [-0.15, -0.1) is 0 Å². The molecule has 0 saturated carbocycles. The molecule has 100 valence electrons. The lowest BCUT2D eigenvalue weighted by Gasteiger charge is -2.04. The molecule has 0 spiro atoms. The first-order chi connectivity index (χ1) is 9.04. The van der Waals surface area contributed by atoms with Gasteiger partial charge in [-0.05, 0) is 12.5 Å². The van der Waals surface area contributed by atoms with Crippen LogP contribution in [-0.4, -0.2) is 29.7 Å². The van der Waals surface area contributed by atoms with Crippen LogP contribution in [0.4, 0.5) is 0 Å². The quantitative estimate of drug-likeness (QED) is 0.619. The van der Waals surface area contributed by atoms with E-state index in [4.69, 9.17) is 4.18 Å². The van der Waals surface area contributed by atoms with Crippen molar-refractivity contribution in [1.29, 1.82) is 0 Å². The zero-order chi connectivity index (χ0) is 14.0. The third kappa shape index (κ3) is 2.64. The summed E-state index contributed by atoms with van der Waals surface area (Å²) in [4.78, 5) is 23.1. The van der Waals surface area contributed by atoms with Crippen LogP contribution in [0.3, 0.4) is 0 Å². The fraction of sp³-hybridized carbons (Fsp3) is 0.231. The number of esters is 1. The third-order valence-electron chi connectivity index (χ3n) is 2.74. The van der Waals surface area contributed by atoms with Crippen molar-refractivity contribution >= 4 is 27.7 Å².